The molecule has 2 aromatic carbocycles. The van der Waals surface area contributed by atoms with Crippen LogP contribution in [0, 0.1) is 5.92 Å². The van der Waals surface area contributed by atoms with Crippen molar-refractivity contribution in [1.82, 2.24) is 0 Å². The topological polar surface area (TPSA) is 127 Å². The second kappa shape index (κ2) is 27.9. The first-order chi connectivity index (χ1) is 18.2. The average Bonchev–Trinajstić information content (AvgIpc) is 2.95. The molecule has 0 aliphatic carbocycles. The number of rotatable bonds is 11. The van der Waals surface area contributed by atoms with Gasteiger partial charge in [0.2, 0.25) is 5.91 Å². The number of aliphatic carboxylic acids is 1. The highest BCUT2D eigenvalue weighted by molar-refractivity contribution is 5.79. The van der Waals surface area contributed by atoms with Crippen LogP contribution in [0.3, 0.4) is 0 Å². The molecule has 38 heavy (non-hydrogen) atoms. The van der Waals surface area contributed by atoms with E-state index in [2.05, 4.69) is 67.4 Å². The van der Waals surface area contributed by atoms with E-state index in [-0.39, 0.29) is 24.7 Å². The maximum atomic E-state index is 11.6. The van der Waals surface area contributed by atoms with Crippen LogP contribution < -0.4 is 5.73 Å². The van der Waals surface area contributed by atoms with Gasteiger partial charge in [-0.1, -0.05) is 101 Å². The number of amides is 1. The van der Waals surface area contributed by atoms with E-state index in [0.29, 0.717) is 6.61 Å². The van der Waals surface area contributed by atoms with Gasteiger partial charge >= 0.3 is 11.9 Å². The predicted octanol–water partition coefficient (Wildman–Crippen LogP) is 6.21. The molecule has 0 bridgehead atoms. The van der Waals surface area contributed by atoms with Gasteiger partial charge in [0.25, 0.3) is 0 Å². The number of nitrogens with two attached hydrogens (primary N) is 1. The summed E-state index contributed by atoms with van der Waals surface area (Å²) in [5, 5.41) is 15.0. The summed E-state index contributed by atoms with van der Waals surface area (Å²) in [6, 6.07) is 19.1. The van der Waals surface area contributed by atoms with Gasteiger partial charge in [-0.25, -0.2) is 0 Å². The Bertz CT molecular complexity index is 859. The number of carboxylic acids is 1. The SMILES string of the molecule is C=CC=C.CC.CCOC(=O)[C@H](C)CCCc1ccc(-c2ccccc2)cc1.CO.NC(=O)CCC(=O)O. The number of primary amides is 1. The van der Waals surface area contributed by atoms with Gasteiger partial charge < -0.3 is 20.7 Å². The Morgan fingerprint density at radius 1 is 0.921 bits per heavy atom. The fourth-order valence-corrected chi connectivity index (χ4v) is 2.74. The lowest BCUT2D eigenvalue weighted by molar-refractivity contribution is -0.147. The molecule has 0 unspecified atom stereocenters. The Kier molecular flexibility index (Phi) is 28.5. The number of aliphatic hydroxyl groups is 1. The van der Waals surface area contributed by atoms with Gasteiger partial charge in [0.1, 0.15) is 0 Å². The minimum atomic E-state index is -0.996. The molecular formula is C31H47NO6. The first kappa shape index (κ1) is 38.8. The number of carboxylic acid groups (broad SMARTS) is 1. The lowest BCUT2D eigenvalue weighted by atomic mass is 9.99. The third-order valence-electron chi connectivity index (χ3n) is 4.60. The molecule has 2 rings (SSSR count). The summed E-state index contributed by atoms with van der Waals surface area (Å²) in [4.78, 5) is 31.1. The lowest BCUT2D eigenvalue weighted by Crippen LogP contribution is -2.14. The molecule has 7 heteroatoms. The summed E-state index contributed by atoms with van der Waals surface area (Å²) in [5.41, 5.74) is 8.43. The normalized spacial score (nSPS) is 9.53. The molecule has 212 valence electrons. The number of ether oxygens (including phenoxy) is 1. The Morgan fingerprint density at radius 3 is 1.82 bits per heavy atom. The zero-order chi connectivity index (χ0) is 29.8. The fourth-order valence-electron chi connectivity index (χ4n) is 2.74. The first-order valence-electron chi connectivity index (χ1n) is 12.7. The monoisotopic (exact) mass is 529 g/mol. The van der Waals surface area contributed by atoms with Crippen molar-refractivity contribution in [3.8, 4) is 11.1 Å². The van der Waals surface area contributed by atoms with Crippen molar-refractivity contribution in [3.05, 3.63) is 85.5 Å². The van der Waals surface area contributed by atoms with Crippen molar-refractivity contribution in [1.29, 1.82) is 0 Å². The number of hydrogen-bond donors (Lipinski definition) is 3. The largest absolute Gasteiger partial charge is 0.481 e. The molecule has 2 aromatic rings. The molecule has 0 aromatic heterocycles. The second-order valence-corrected chi connectivity index (χ2v) is 7.44. The Hall–Kier alpha value is -3.71. The molecule has 0 spiro atoms. The van der Waals surface area contributed by atoms with Crippen molar-refractivity contribution >= 4 is 17.8 Å². The van der Waals surface area contributed by atoms with E-state index in [1.165, 1.54) is 16.7 Å². The van der Waals surface area contributed by atoms with E-state index in [9.17, 15) is 14.4 Å². The van der Waals surface area contributed by atoms with E-state index < -0.39 is 11.9 Å². The fraction of sp³-hybridized carbons (Fsp3) is 0.387. The number of carbonyl (C=O) groups excluding carboxylic acids is 2. The highest BCUT2D eigenvalue weighted by Crippen LogP contribution is 2.20. The maximum Gasteiger partial charge on any atom is 0.308 e. The van der Waals surface area contributed by atoms with Gasteiger partial charge in [-0.2, -0.15) is 0 Å². The van der Waals surface area contributed by atoms with Gasteiger partial charge in [0.05, 0.1) is 18.9 Å². The van der Waals surface area contributed by atoms with Crippen LogP contribution in [0.2, 0.25) is 0 Å². The van der Waals surface area contributed by atoms with Gasteiger partial charge in [0.15, 0.2) is 0 Å². The van der Waals surface area contributed by atoms with Crippen molar-refractivity contribution in [2.45, 2.75) is 59.8 Å². The van der Waals surface area contributed by atoms with Crippen LogP contribution in [-0.2, 0) is 25.5 Å². The van der Waals surface area contributed by atoms with E-state index in [4.69, 9.17) is 14.9 Å². The van der Waals surface area contributed by atoms with Crippen LogP contribution in [0.25, 0.3) is 11.1 Å². The highest BCUT2D eigenvalue weighted by Gasteiger charge is 2.13. The molecule has 1 amide bonds. The summed E-state index contributed by atoms with van der Waals surface area (Å²) in [5.74, 6) is -1.67. The lowest BCUT2D eigenvalue weighted by Gasteiger charge is -2.10. The quantitative estimate of drug-likeness (QED) is 0.235. The number of esters is 1. The van der Waals surface area contributed by atoms with Crippen LogP contribution in [-0.4, -0.2) is 41.8 Å². The number of carbonyl (C=O) groups is 3. The van der Waals surface area contributed by atoms with Gasteiger partial charge in [-0.15, -0.1) is 0 Å². The molecule has 0 fully saturated rings. The molecule has 0 radical (unpaired) electrons. The smallest absolute Gasteiger partial charge is 0.308 e. The third-order valence-corrected chi connectivity index (χ3v) is 4.60. The van der Waals surface area contributed by atoms with Crippen molar-refractivity contribution in [2.75, 3.05) is 13.7 Å². The molecule has 0 saturated heterocycles. The van der Waals surface area contributed by atoms with Crippen molar-refractivity contribution in [2.24, 2.45) is 11.7 Å². The molecule has 0 aliphatic rings. The molecule has 0 saturated carbocycles. The van der Waals surface area contributed by atoms with Gasteiger partial charge in [0, 0.05) is 13.5 Å². The van der Waals surface area contributed by atoms with Gasteiger partial charge in [-0.05, 0) is 42.9 Å². The molecule has 0 aliphatic heterocycles. The van der Waals surface area contributed by atoms with Crippen LogP contribution in [0.4, 0.5) is 0 Å². The number of benzene rings is 2. The van der Waals surface area contributed by atoms with Crippen molar-refractivity contribution in [3.63, 3.8) is 0 Å². The zero-order valence-electron chi connectivity index (χ0n) is 23.7. The van der Waals surface area contributed by atoms with Crippen molar-refractivity contribution < 1.29 is 29.3 Å². The maximum absolute atomic E-state index is 11.6. The summed E-state index contributed by atoms with van der Waals surface area (Å²) < 4.78 is 5.03. The van der Waals surface area contributed by atoms with E-state index in [0.717, 1.165) is 26.4 Å². The van der Waals surface area contributed by atoms with Crippen LogP contribution >= 0.6 is 0 Å². The third kappa shape index (κ3) is 22.7. The Labute approximate surface area is 229 Å². The van der Waals surface area contributed by atoms with Crippen LogP contribution in [0.1, 0.15) is 58.9 Å². The summed E-state index contributed by atoms with van der Waals surface area (Å²) >= 11 is 0. The summed E-state index contributed by atoms with van der Waals surface area (Å²) in [7, 11) is 1.00. The number of aliphatic hydroxyl groups excluding tert-OH is 1. The zero-order valence-corrected chi connectivity index (χ0v) is 23.7. The van der Waals surface area contributed by atoms with E-state index >= 15 is 0 Å². The molecule has 1 atom stereocenters. The predicted molar refractivity (Wildman–Crippen MR) is 157 cm³/mol. The second-order valence-electron chi connectivity index (χ2n) is 7.44. The minimum absolute atomic E-state index is 0.0106. The Morgan fingerprint density at radius 2 is 1.42 bits per heavy atom. The Balaban J connectivity index is -0.000000635. The van der Waals surface area contributed by atoms with E-state index in [1.54, 1.807) is 12.2 Å². The molecule has 7 nitrogen and oxygen atoms in total. The van der Waals surface area contributed by atoms with Crippen LogP contribution in [0.15, 0.2) is 79.9 Å². The standard InChI is InChI=1S/C20H24O2.C4H7NO3.C4H6.C2H6.CH4O/c1-3-22-20(21)16(2)8-7-9-17-12-14-19(15-13-17)18-10-5-4-6-11-18;5-3(6)1-2-4(7)8;1-3-4-2;2*1-2/h4-6,10-16H,3,7-9H2,1-2H3;1-2H2,(H2,5,6)(H,7,8);3-4H,1-2H2;1-2H3;2H,1H3/t16-;;;;/m1..../s1. The molecule has 4 N–H and O–H groups in total. The number of allylic oxidation sites excluding steroid dienone is 2. The summed E-state index contributed by atoms with van der Waals surface area (Å²) in [6.45, 7) is 15.0. The van der Waals surface area contributed by atoms with E-state index in [1.807, 2.05) is 33.8 Å². The number of hydrogen-bond acceptors (Lipinski definition) is 5. The summed E-state index contributed by atoms with van der Waals surface area (Å²) in [6.07, 6.45) is 5.91. The minimum Gasteiger partial charge on any atom is -0.481 e. The first-order valence-corrected chi connectivity index (χ1v) is 12.7. The van der Waals surface area contributed by atoms with Crippen LogP contribution in [0.5, 0.6) is 0 Å². The number of aryl methyl sites for hydroxylation is 1. The molecule has 0 heterocycles. The highest BCUT2D eigenvalue weighted by atomic mass is 16.5. The van der Waals surface area contributed by atoms with Gasteiger partial charge in [-0.3, -0.25) is 14.4 Å². The molecular weight excluding hydrogens is 482 g/mol. The average molecular weight is 530 g/mol.